The lowest BCUT2D eigenvalue weighted by Gasteiger charge is -2.09. The van der Waals surface area contributed by atoms with Crippen LogP contribution in [-0.4, -0.2) is 0 Å². The fourth-order valence-corrected chi connectivity index (χ4v) is 1.19. The van der Waals surface area contributed by atoms with Crippen LogP contribution in [0.25, 0.3) is 6.08 Å². The molecule has 0 N–H and O–H groups in total. The van der Waals surface area contributed by atoms with E-state index in [4.69, 9.17) is 0 Å². The van der Waals surface area contributed by atoms with Crippen molar-refractivity contribution < 1.29 is 13.2 Å². The van der Waals surface area contributed by atoms with Gasteiger partial charge in [0.15, 0.2) is 0 Å². The SMILES string of the molecule is CC(C)=Cc1ccccc1C(F)(F)F. The lowest BCUT2D eigenvalue weighted by Crippen LogP contribution is -2.06. The van der Waals surface area contributed by atoms with Crippen LogP contribution in [0.5, 0.6) is 0 Å². The van der Waals surface area contributed by atoms with Crippen molar-refractivity contribution in [1.29, 1.82) is 0 Å². The highest BCUT2D eigenvalue weighted by Gasteiger charge is 2.32. The molecule has 14 heavy (non-hydrogen) atoms. The van der Waals surface area contributed by atoms with Crippen LogP contribution in [0.15, 0.2) is 29.8 Å². The highest BCUT2D eigenvalue weighted by molar-refractivity contribution is 5.56. The summed E-state index contributed by atoms with van der Waals surface area (Å²) in [6.07, 6.45) is -2.74. The molecule has 1 aromatic rings. The minimum absolute atomic E-state index is 0.222. The Bertz CT molecular complexity index is 344. The van der Waals surface area contributed by atoms with E-state index in [0.717, 1.165) is 11.6 Å². The molecule has 0 heterocycles. The molecule has 1 aromatic carbocycles. The van der Waals surface area contributed by atoms with Gasteiger partial charge in [-0.3, -0.25) is 0 Å². The lowest BCUT2D eigenvalue weighted by atomic mass is 10.1. The summed E-state index contributed by atoms with van der Waals surface area (Å²) in [5.74, 6) is 0. The summed E-state index contributed by atoms with van der Waals surface area (Å²) in [4.78, 5) is 0. The van der Waals surface area contributed by atoms with Crippen molar-refractivity contribution >= 4 is 6.08 Å². The van der Waals surface area contributed by atoms with Gasteiger partial charge in [0, 0.05) is 0 Å². The number of hydrogen-bond donors (Lipinski definition) is 0. The molecule has 0 aliphatic heterocycles. The monoisotopic (exact) mass is 200 g/mol. The topological polar surface area (TPSA) is 0 Å². The van der Waals surface area contributed by atoms with Gasteiger partial charge in [0.1, 0.15) is 0 Å². The molecule has 3 heteroatoms. The van der Waals surface area contributed by atoms with Gasteiger partial charge in [0.05, 0.1) is 5.56 Å². The Kier molecular flexibility index (Phi) is 2.99. The van der Waals surface area contributed by atoms with E-state index in [-0.39, 0.29) is 5.56 Å². The molecular formula is C11H11F3. The summed E-state index contributed by atoms with van der Waals surface area (Å²) in [6.45, 7) is 3.54. The van der Waals surface area contributed by atoms with Crippen LogP contribution < -0.4 is 0 Å². The second kappa shape index (κ2) is 3.86. The second-order valence-corrected chi connectivity index (χ2v) is 3.31. The van der Waals surface area contributed by atoms with E-state index >= 15 is 0 Å². The maximum atomic E-state index is 12.5. The van der Waals surface area contributed by atoms with Crippen molar-refractivity contribution in [3.05, 3.63) is 41.0 Å². The van der Waals surface area contributed by atoms with Crippen molar-refractivity contribution in [2.45, 2.75) is 20.0 Å². The molecule has 0 nitrogen and oxygen atoms in total. The maximum Gasteiger partial charge on any atom is 0.416 e. The predicted octanol–water partition coefficient (Wildman–Crippen LogP) is 4.13. The Morgan fingerprint density at radius 3 is 2.21 bits per heavy atom. The molecule has 0 unspecified atom stereocenters. The van der Waals surface area contributed by atoms with Crippen molar-refractivity contribution in [1.82, 2.24) is 0 Å². The van der Waals surface area contributed by atoms with Crippen LogP contribution in [0.1, 0.15) is 25.0 Å². The third-order valence-corrected chi connectivity index (χ3v) is 1.71. The fourth-order valence-electron chi connectivity index (χ4n) is 1.19. The zero-order chi connectivity index (χ0) is 10.8. The summed E-state index contributed by atoms with van der Waals surface area (Å²) >= 11 is 0. The molecule has 0 spiro atoms. The Labute approximate surface area is 81.1 Å². The van der Waals surface area contributed by atoms with Gasteiger partial charge < -0.3 is 0 Å². The van der Waals surface area contributed by atoms with E-state index in [1.54, 1.807) is 19.9 Å². The Balaban J connectivity index is 3.24. The molecule has 0 aliphatic carbocycles. The van der Waals surface area contributed by atoms with E-state index in [2.05, 4.69) is 0 Å². The zero-order valence-corrected chi connectivity index (χ0v) is 8.02. The predicted molar refractivity (Wildman–Crippen MR) is 50.8 cm³/mol. The second-order valence-electron chi connectivity index (χ2n) is 3.31. The average Bonchev–Trinajstić information content (AvgIpc) is 2.01. The Morgan fingerprint density at radius 2 is 1.71 bits per heavy atom. The zero-order valence-electron chi connectivity index (χ0n) is 8.02. The van der Waals surface area contributed by atoms with Gasteiger partial charge in [-0.15, -0.1) is 0 Å². The third kappa shape index (κ3) is 2.62. The molecule has 0 atom stereocenters. The minimum atomic E-state index is -4.28. The number of benzene rings is 1. The molecule has 0 bridgehead atoms. The molecule has 0 aromatic heterocycles. The highest BCUT2D eigenvalue weighted by Crippen LogP contribution is 2.32. The van der Waals surface area contributed by atoms with Crippen LogP contribution in [0.2, 0.25) is 0 Å². The van der Waals surface area contributed by atoms with E-state index < -0.39 is 11.7 Å². The number of hydrogen-bond acceptors (Lipinski definition) is 0. The van der Waals surface area contributed by atoms with Gasteiger partial charge in [0.2, 0.25) is 0 Å². The third-order valence-electron chi connectivity index (χ3n) is 1.71. The van der Waals surface area contributed by atoms with Crippen molar-refractivity contribution in [3.63, 3.8) is 0 Å². The number of rotatable bonds is 1. The van der Waals surface area contributed by atoms with Crippen LogP contribution in [-0.2, 0) is 6.18 Å². The molecule has 0 saturated heterocycles. The van der Waals surface area contributed by atoms with Gasteiger partial charge in [-0.25, -0.2) is 0 Å². The minimum Gasteiger partial charge on any atom is -0.166 e. The van der Waals surface area contributed by atoms with Gasteiger partial charge in [-0.05, 0) is 25.5 Å². The Morgan fingerprint density at radius 1 is 1.14 bits per heavy atom. The molecule has 0 amide bonds. The summed E-state index contributed by atoms with van der Waals surface area (Å²) in [5.41, 5.74) is 0.489. The average molecular weight is 200 g/mol. The van der Waals surface area contributed by atoms with Crippen LogP contribution in [0.3, 0.4) is 0 Å². The fraction of sp³-hybridized carbons (Fsp3) is 0.273. The summed E-state index contributed by atoms with van der Waals surface area (Å²) in [7, 11) is 0. The normalized spacial score (nSPS) is 11.2. The summed E-state index contributed by atoms with van der Waals surface area (Å²) < 4.78 is 37.4. The first kappa shape index (κ1) is 10.8. The first-order valence-corrected chi connectivity index (χ1v) is 4.22. The molecule has 76 valence electrons. The molecule has 0 radical (unpaired) electrons. The van der Waals surface area contributed by atoms with E-state index in [9.17, 15) is 13.2 Å². The Hall–Kier alpha value is -1.25. The van der Waals surface area contributed by atoms with Crippen molar-refractivity contribution in [3.8, 4) is 0 Å². The molecule has 1 rings (SSSR count). The molecule has 0 saturated carbocycles. The smallest absolute Gasteiger partial charge is 0.166 e. The maximum absolute atomic E-state index is 12.5. The van der Waals surface area contributed by atoms with Gasteiger partial charge in [-0.2, -0.15) is 13.2 Å². The van der Waals surface area contributed by atoms with Crippen LogP contribution in [0.4, 0.5) is 13.2 Å². The largest absolute Gasteiger partial charge is 0.416 e. The van der Waals surface area contributed by atoms with Crippen molar-refractivity contribution in [2.75, 3.05) is 0 Å². The molecule has 0 fully saturated rings. The van der Waals surface area contributed by atoms with Crippen LogP contribution >= 0.6 is 0 Å². The van der Waals surface area contributed by atoms with E-state index in [1.807, 2.05) is 0 Å². The lowest BCUT2D eigenvalue weighted by molar-refractivity contribution is -0.137. The quantitative estimate of drug-likeness (QED) is 0.639. The number of halogens is 3. The van der Waals surface area contributed by atoms with Gasteiger partial charge >= 0.3 is 6.18 Å². The number of alkyl halides is 3. The summed E-state index contributed by atoms with van der Waals surface area (Å²) in [5, 5.41) is 0. The van der Waals surface area contributed by atoms with E-state index in [0.29, 0.717) is 0 Å². The first-order chi connectivity index (χ1) is 6.41. The van der Waals surface area contributed by atoms with Crippen molar-refractivity contribution in [2.24, 2.45) is 0 Å². The first-order valence-electron chi connectivity index (χ1n) is 4.22. The van der Waals surface area contributed by atoms with Gasteiger partial charge in [-0.1, -0.05) is 29.8 Å². The molecular weight excluding hydrogens is 189 g/mol. The van der Waals surface area contributed by atoms with Crippen LogP contribution in [0, 0.1) is 0 Å². The van der Waals surface area contributed by atoms with Gasteiger partial charge in [0.25, 0.3) is 0 Å². The standard InChI is InChI=1S/C11H11F3/c1-8(2)7-9-5-3-4-6-10(9)11(12,13)14/h3-7H,1-2H3. The summed E-state index contributed by atoms with van der Waals surface area (Å²) in [6, 6.07) is 5.56. The highest BCUT2D eigenvalue weighted by atomic mass is 19.4. The number of allylic oxidation sites excluding steroid dienone is 1. The van der Waals surface area contributed by atoms with E-state index in [1.165, 1.54) is 18.2 Å². The molecule has 0 aliphatic rings.